The predicted octanol–water partition coefficient (Wildman–Crippen LogP) is -0.0923. The zero-order valence-corrected chi connectivity index (χ0v) is 8.07. The van der Waals surface area contributed by atoms with Gasteiger partial charge in [-0.25, -0.2) is 0 Å². The van der Waals surface area contributed by atoms with Gasteiger partial charge in [0.25, 0.3) is 0 Å². The van der Waals surface area contributed by atoms with Gasteiger partial charge in [0.2, 0.25) is 11.7 Å². The van der Waals surface area contributed by atoms with E-state index in [0.29, 0.717) is 0 Å². The summed E-state index contributed by atoms with van der Waals surface area (Å²) in [6.45, 7) is 0. The van der Waals surface area contributed by atoms with Crippen molar-refractivity contribution in [1.29, 1.82) is 0 Å². The standard InChI is InChI=1S/C8H9N5O3/c9-8(10)12-11-4-5-2-1-3-6(7(5)14)13(15)16/h1-4,14H,(H4,9,10,12)/b11-4-. The number of benzene rings is 1. The lowest BCUT2D eigenvalue weighted by atomic mass is 10.2. The zero-order chi connectivity index (χ0) is 12.1. The summed E-state index contributed by atoms with van der Waals surface area (Å²) in [5.74, 6) is -0.733. The number of phenolic OH excluding ortho intramolecular Hbond substituents is 1. The number of nitro benzene ring substituents is 1. The molecule has 1 rings (SSSR count). The third-order valence-corrected chi connectivity index (χ3v) is 1.61. The van der Waals surface area contributed by atoms with Gasteiger partial charge in [0.1, 0.15) is 0 Å². The fourth-order valence-corrected chi connectivity index (χ4v) is 0.958. The highest BCUT2D eigenvalue weighted by atomic mass is 16.6. The van der Waals surface area contributed by atoms with Crippen LogP contribution in [0.3, 0.4) is 0 Å². The van der Waals surface area contributed by atoms with Crippen LogP contribution >= 0.6 is 0 Å². The van der Waals surface area contributed by atoms with E-state index < -0.39 is 16.4 Å². The van der Waals surface area contributed by atoms with Gasteiger partial charge in [0, 0.05) is 11.6 Å². The van der Waals surface area contributed by atoms with Gasteiger partial charge in [-0.3, -0.25) is 10.1 Å². The molecule has 0 spiro atoms. The first-order valence-corrected chi connectivity index (χ1v) is 4.10. The zero-order valence-electron chi connectivity index (χ0n) is 8.07. The van der Waals surface area contributed by atoms with Crippen molar-refractivity contribution >= 4 is 17.9 Å². The summed E-state index contributed by atoms with van der Waals surface area (Å²) in [6, 6.07) is 4.02. The number of aromatic hydroxyl groups is 1. The quantitative estimate of drug-likeness (QED) is 0.284. The lowest BCUT2D eigenvalue weighted by Gasteiger charge is -1.98. The third-order valence-electron chi connectivity index (χ3n) is 1.61. The molecule has 0 radical (unpaired) electrons. The van der Waals surface area contributed by atoms with E-state index in [-0.39, 0.29) is 11.5 Å². The van der Waals surface area contributed by atoms with Crippen molar-refractivity contribution in [2.45, 2.75) is 0 Å². The smallest absolute Gasteiger partial charge is 0.311 e. The maximum absolute atomic E-state index is 10.5. The van der Waals surface area contributed by atoms with Gasteiger partial charge < -0.3 is 16.6 Å². The molecular weight excluding hydrogens is 214 g/mol. The molecule has 0 aliphatic carbocycles. The van der Waals surface area contributed by atoms with Crippen molar-refractivity contribution in [2.75, 3.05) is 0 Å². The Balaban J connectivity index is 3.07. The molecule has 1 aromatic rings. The minimum Gasteiger partial charge on any atom is -0.502 e. The van der Waals surface area contributed by atoms with E-state index in [1.54, 1.807) is 0 Å². The second kappa shape index (κ2) is 4.73. The van der Waals surface area contributed by atoms with Crippen molar-refractivity contribution in [3.63, 3.8) is 0 Å². The number of nitrogens with two attached hydrogens (primary N) is 2. The van der Waals surface area contributed by atoms with Gasteiger partial charge >= 0.3 is 5.69 Å². The Kier molecular flexibility index (Phi) is 3.38. The molecule has 1 aromatic carbocycles. The lowest BCUT2D eigenvalue weighted by Crippen LogP contribution is -2.21. The van der Waals surface area contributed by atoms with Crippen molar-refractivity contribution < 1.29 is 10.0 Å². The minimum absolute atomic E-state index is 0.152. The van der Waals surface area contributed by atoms with Crippen LogP contribution in [0.25, 0.3) is 0 Å². The number of hydrogen-bond acceptors (Lipinski definition) is 5. The van der Waals surface area contributed by atoms with Crippen molar-refractivity contribution in [1.82, 2.24) is 0 Å². The fraction of sp³-hybridized carbons (Fsp3) is 0. The van der Waals surface area contributed by atoms with Gasteiger partial charge in [-0.2, -0.15) is 5.10 Å². The predicted molar refractivity (Wildman–Crippen MR) is 58.2 cm³/mol. The molecule has 8 nitrogen and oxygen atoms in total. The van der Waals surface area contributed by atoms with Crippen LogP contribution in [-0.4, -0.2) is 22.2 Å². The molecule has 8 heteroatoms. The number of para-hydroxylation sites is 1. The van der Waals surface area contributed by atoms with Gasteiger partial charge in [0.15, 0.2) is 0 Å². The van der Waals surface area contributed by atoms with E-state index in [1.807, 2.05) is 0 Å². The van der Waals surface area contributed by atoms with Crippen LogP contribution in [0, 0.1) is 10.1 Å². The van der Waals surface area contributed by atoms with Gasteiger partial charge in [-0.05, 0) is 6.07 Å². The second-order valence-corrected chi connectivity index (χ2v) is 2.74. The Hall–Kier alpha value is -2.64. The van der Waals surface area contributed by atoms with Crippen LogP contribution in [0.15, 0.2) is 28.4 Å². The average Bonchev–Trinajstić information content (AvgIpc) is 2.19. The molecule has 0 fully saturated rings. The van der Waals surface area contributed by atoms with Crippen LogP contribution in [0.5, 0.6) is 5.75 Å². The molecule has 0 aromatic heterocycles. The number of guanidine groups is 1. The van der Waals surface area contributed by atoms with Crippen molar-refractivity contribution in [3.8, 4) is 5.75 Å². The summed E-state index contributed by atoms with van der Waals surface area (Å²) in [5, 5.41) is 26.7. The summed E-state index contributed by atoms with van der Waals surface area (Å²) >= 11 is 0. The topological polar surface area (TPSA) is 140 Å². The molecule has 0 unspecified atom stereocenters. The lowest BCUT2D eigenvalue weighted by molar-refractivity contribution is -0.385. The average molecular weight is 223 g/mol. The molecule has 0 atom stereocenters. The highest BCUT2D eigenvalue weighted by Gasteiger charge is 2.14. The van der Waals surface area contributed by atoms with E-state index in [1.165, 1.54) is 18.2 Å². The number of phenols is 1. The number of rotatable bonds is 3. The largest absolute Gasteiger partial charge is 0.502 e. The molecule has 5 N–H and O–H groups in total. The summed E-state index contributed by atoms with van der Waals surface area (Å²) in [7, 11) is 0. The van der Waals surface area contributed by atoms with Gasteiger partial charge in [-0.15, -0.1) is 5.10 Å². The second-order valence-electron chi connectivity index (χ2n) is 2.74. The highest BCUT2D eigenvalue weighted by molar-refractivity contribution is 5.86. The SMILES string of the molecule is NC(N)=N/N=C\c1cccc([N+](=O)[O-])c1O. The van der Waals surface area contributed by atoms with E-state index in [0.717, 1.165) is 6.21 Å². The van der Waals surface area contributed by atoms with Gasteiger partial charge in [0.05, 0.1) is 11.1 Å². The number of hydrogen-bond donors (Lipinski definition) is 3. The van der Waals surface area contributed by atoms with E-state index in [2.05, 4.69) is 10.2 Å². The van der Waals surface area contributed by atoms with Crippen LogP contribution in [0.1, 0.15) is 5.56 Å². The van der Waals surface area contributed by atoms with Crippen LogP contribution < -0.4 is 11.5 Å². The Morgan fingerprint density at radius 3 is 2.75 bits per heavy atom. The van der Waals surface area contributed by atoms with Crippen LogP contribution in [0.2, 0.25) is 0 Å². The first-order valence-electron chi connectivity index (χ1n) is 4.10. The molecular formula is C8H9N5O3. The van der Waals surface area contributed by atoms with E-state index in [4.69, 9.17) is 11.5 Å². The third kappa shape index (κ3) is 2.67. The fourth-order valence-electron chi connectivity index (χ4n) is 0.958. The molecule has 0 amide bonds. The molecule has 16 heavy (non-hydrogen) atoms. The molecule has 0 aliphatic heterocycles. The van der Waals surface area contributed by atoms with Gasteiger partial charge in [-0.1, -0.05) is 6.07 Å². The Morgan fingerprint density at radius 2 is 2.19 bits per heavy atom. The summed E-state index contributed by atoms with van der Waals surface area (Å²) in [6.07, 6.45) is 1.11. The number of nitro groups is 1. The summed E-state index contributed by atoms with van der Waals surface area (Å²) in [5.41, 5.74) is 9.78. The van der Waals surface area contributed by atoms with E-state index in [9.17, 15) is 15.2 Å². The first-order chi connectivity index (χ1) is 7.52. The molecule has 0 heterocycles. The Labute approximate surface area is 90.0 Å². The maximum atomic E-state index is 10.5. The monoisotopic (exact) mass is 223 g/mol. The first kappa shape index (κ1) is 11.4. The summed E-state index contributed by atoms with van der Waals surface area (Å²) in [4.78, 5) is 9.79. The molecule has 0 aliphatic rings. The van der Waals surface area contributed by atoms with Crippen LogP contribution in [0.4, 0.5) is 5.69 Å². The Bertz CT molecular complexity index is 465. The molecule has 0 saturated heterocycles. The molecule has 0 bridgehead atoms. The minimum atomic E-state index is -0.701. The van der Waals surface area contributed by atoms with Crippen LogP contribution in [-0.2, 0) is 0 Å². The van der Waals surface area contributed by atoms with Crippen molar-refractivity contribution in [3.05, 3.63) is 33.9 Å². The normalized spacial score (nSPS) is 10.2. The van der Waals surface area contributed by atoms with E-state index >= 15 is 0 Å². The molecule has 0 saturated carbocycles. The molecule has 84 valence electrons. The maximum Gasteiger partial charge on any atom is 0.311 e. The van der Waals surface area contributed by atoms with Crippen molar-refractivity contribution in [2.24, 2.45) is 21.7 Å². The highest BCUT2D eigenvalue weighted by Crippen LogP contribution is 2.27. The number of nitrogens with zero attached hydrogens (tertiary/aromatic N) is 3. The summed E-state index contributed by atoms with van der Waals surface area (Å²) < 4.78 is 0. The Morgan fingerprint density at radius 1 is 1.50 bits per heavy atom.